The summed E-state index contributed by atoms with van der Waals surface area (Å²) in [6.07, 6.45) is 2.61. The number of ether oxygens (including phenoxy) is 1. The fraction of sp³-hybridized carbons (Fsp3) is 0.667. The molecule has 1 aliphatic rings. The molecule has 0 saturated heterocycles. The van der Waals surface area contributed by atoms with Gasteiger partial charge in [0.2, 0.25) is 0 Å². The van der Waals surface area contributed by atoms with Gasteiger partial charge in [-0.2, -0.15) is 0 Å². The van der Waals surface area contributed by atoms with E-state index < -0.39 is 0 Å². The lowest BCUT2D eigenvalue weighted by atomic mass is 9.96. The van der Waals surface area contributed by atoms with Crippen molar-refractivity contribution in [1.29, 1.82) is 0 Å². The molecule has 1 heterocycles. The molecule has 0 amide bonds. The van der Waals surface area contributed by atoms with E-state index in [1.807, 2.05) is 13.8 Å². The fourth-order valence-corrected chi connectivity index (χ4v) is 1.61. The van der Waals surface area contributed by atoms with Crippen molar-refractivity contribution in [3.63, 3.8) is 0 Å². The molecule has 84 valence electrons. The van der Waals surface area contributed by atoms with Crippen LogP contribution < -0.4 is 0 Å². The van der Waals surface area contributed by atoms with Gasteiger partial charge in [0.1, 0.15) is 6.61 Å². The number of unbranched alkanes of at least 4 members (excludes halogenated alkanes) is 1. The maximum atomic E-state index is 11.8. The number of rotatable bonds is 5. The lowest BCUT2D eigenvalue weighted by Gasteiger charge is -2.05. The zero-order valence-electron chi connectivity index (χ0n) is 9.63. The Balaban J connectivity index is 2.85. The van der Waals surface area contributed by atoms with Crippen molar-refractivity contribution in [2.75, 3.05) is 6.61 Å². The van der Waals surface area contributed by atoms with E-state index in [0.717, 1.165) is 12.8 Å². The molecule has 15 heavy (non-hydrogen) atoms. The minimum atomic E-state index is -0.299. The summed E-state index contributed by atoms with van der Waals surface area (Å²) in [5, 5.41) is 0. The van der Waals surface area contributed by atoms with Gasteiger partial charge < -0.3 is 4.74 Å². The number of hydrogen-bond donors (Lipinski definition) is 0. The van der Waals surface area contributed by atoms with Crippen LogP contribution in [0, 0.1) is 5.92 Å². The fourth-order valence-electron chi connectivity index (χ4n) is 1.61. The first kappa shape index (κ1) is 12.0. The normalized spacial score (nSPS) is 16.1. The van der Waals surface area contributed by atoms with Crippen LogP contribution in [0.25, 0.3) is 0 Å². The number of ketones is 1. The highest BCUT2D eigenvalue weighted by molar-refractivity contribution is 6.07. The third-order valence-corrected chi connectivity index (χ3v) is 2.56. The smallest absolute Gasteiger partial charge is 0.334 e. The third kappa shape index (κ3) is 2.67. The maximum absolute atomic E-state index is 11.8. The molecule has 0 spiro atoms. The van der Waals surface area contributed by atoms with Gasteiger partial charge in [0, 0.05) is 17.1 Å². The second kappa shape index (κ2) is 5.10. The van der Waals surface area contributed by atoms with Crippen molar-refractivity contribution in [1.82, 2.24) is 0 Å². The summed E-state index contributed by atoms with van der Waals surface area (Å²) in [4.78, 5) is 23.2. The van der Waals surface area contributed by atoms with Gasteiger partial charge in [-0.1, -0.05) is 27.2 Å². The largest absolute Gasteiger partial charge is 0.457 e. The van der Waals surface area contributed by atoms with E-state index in [1.165, 1.54) is 0 Å². The SMILES string of the molecule is CCCCC1=C(C(=O)C(C)C)COC1=O. The molecule has 1 aliphatic heterocycles. The lowest BCUT2D eigenvalue weighted by Crippen LogP contribution is -2.12. The van der Waals surface area contributed by atoms with Gasteiger partial charge in [-0.05, 0) is 12.8 Å². The highest BCUT2D eigenvalue weighted by Crippen LogP contribution is 2.23. The Hall–Kier alpha value is -1.12. The maximum Gasteiger partial charge on any atom is 0.334 e. The van der Waals surface area contributed by atoms with Crippen LogP contribution in [0.1, 0.15) is 40.0 Å². The van der Waals surface area contributed by atoms with E-state index in [4.69, 9.17) is 4.74 Å². The Morgan fingerprint density at radius 3 is 2.67 bits per heavy atom. The van der Waals surface area contributed by atoms with E-state index in [-0.39, 0.29) is 24.3 Å². The van der Waals surface area contributed by atoms with E-state index >= 15 is 0 Å². The quantitative estimate of drug-likeness (QED) is 0.654. The molecule has 3 heteroatoms. The van der Waals surface area contributed by atoms with Gasteiger partial charge in [0.25, 0.3) is 0 Å². The summed E-state index contributed by atoms with van der Waals surface area (Å²) in [7, 11) is 0. The van der Waals surface area contributed by atoms with Crippen LogP contribution in [0.2, 0.25) is 0 Å². The summed E-state index contributed by atoms with van der Waals surface area (Å²) in [5.41, 5.74) is 1.21. The lowest BCUT2D eigenvalue weighted by molar-refractivity contribution is -0.136. The first-order chi connectivity index (χ1) is 7.07. The van der Waals surface area contributed by atoms with Crippen molar-refractivity contribution in [3.05, 3.63) is 11.1 Å². The van der Waals surface area contributed by atoms with Crippen molar-refractivity contribution in [2.24, 2.45) is 5.92 Å². The summed E-state index contributed by atoms with van der Waals surface area (Å²) in [5.74, 6) is -0.314. The van der Waals surface area contributed by atoms with Crippen LogP contribution >= 0.6 is 0 Å². The Kier molecular flexibility index (Phi) is 4.06. The first-order valence-corrected chi connectivity index (χ1v) is 5.51. The van der Waals surface area contributed by atoms with Gasteiger partial charge in [0.15, 0.2) is 5.78 Å². The molecule has 0 aromatic heterocycles. The van der Waals surface area contributed by atoms with Crippen molar-refractivity contribution in [3.8, 4) is 0 Å². The van der Waals surface area contributed by atoms with Gasteiger partial charge in [0.05, 0.1) is 0 Å². The molecule has 0 bridgehead atoms. The standard InChI is InChI=1S/C12H18O3/c1-4-5-6-9-10(7-15-12(9)14)11(13)8(2)3/h8H,4-7H2,1-3H3. The van der Waals surface area contributed by atoms with Crippen molar-refractivity contribution in [2.45, 2.75) is 40.0 Å². The Bertz CT molecular complexity index is 300. The second-order valence-electron chi connectivity index (χ2n) is 4.16. The van der Waals surface area contributed by atoms with E-state index in [1.54, 1.807) is 0 Å². The molecular weight excluding hydrogens is 192 g/mol. The number of carbonyl (C=O) groups is 2. The summed E-state index contributed by atoms with van der Waals surface area (Å²) in [6.45, 7) is 5.92. The van der Waals surface area contributed by atoms with Crippen LogP contribution in [-0.4, -0.2) is 18.4 Å². The van der Waals surface area contributed by atoms with E-state index in [9.17, 15) is 9.59 Å². The Labute approximate surface area is 90.5 Å². The molecule has 0 aromatic rings. The number of Topliss-reactive ketones (excluding diaryl/α,β-unsaturated/α-hetero) is 1. The summed E-state index contributed by atoms with van der Waals surface area (Å²) in [6, 6.07) is 0. The molecule has 0 N–H and O–H groups in total. The second-order valence-corrected chi connectivity index (χ2v) is 4.16. The summed E-state index contributed by atoms with van der Waals surface area (Å²) < 4.78 is 4.91. The van der Waals surface area contributed by atoms with Crippen LogP contribution in [-0.2, 0) is 14.3 Å². The molecule has 0 aliphatic carbocycles. The van der Waals surface area contributed by atoms with Crippen LogP contribution in [0.3, 0.4) is 0 Å². The highest BCUT2D eigenvalue weighted by atomic mass is 16.5. The third-order valence-electron chi connectivity index (χ3n) is 2.56. The van der Waals surface area contributed by atoms with Gasteiger partial charge in [-0.3, -0.25) is 4.79 Å². The van der Waals surface area contributed by atoms with E-state index in [0.29, 0.717) is 17.6 Å². The Morgan fingerprint density at radius 1 is 1.47 bits per heavy atom. The van der Waals surface area contributed by atoms with Crippen LogP contribution in [0.15, 0.2) is 11.1 Å². The average Bonchev–Trinajstić information content (AvgIpc) is 2.55. The van der Waals surface area contributed by atoms with Crippen LogP contribution in [0.4, 0.5) is 0 Å². The Morgan fingerprint density at radius 2 is 2.13 bits per heavy atom. The summed E-state index contributed by atoms with van der Waals surface area (Å²) >= 11 is 0. The predicted octanol–water partition coefficient (Wildman–Crippen LogP) is 2.26. The first-order valence-electron chi connectivity index (χ1n) is 5.51. The van der Waals surface area contributed by atoms with Crippen LogP contribution in [0.5, 0.6) is 0 Å². The minimum absolute atomic E-state index is 0.0481. The van der Waals surface area contributed by atoms with Crippen molar-refractivity contribution < 1.29 is 14.3 Å². The predicted molar refractivity (Wildman–Crippen MR) is 57.4 cm³/mol. The zero-order valence-corrected chi connectivity index (χ0v) is 9.63. The molecule has 3 nitrogen and oxygen atoms in total. The highest BCUT2D eigenvalue weighted by Gasteiger charge is 2.29. The molecule has 0 radical (unpaired) electrons. The molecule has 0 aromatic carbocycles. The van der Waals surface area contributed by atoms with Gasteiger partial charge >= 0.3 is 5.97 Å². The molecule has 0 fully saturated rings. The molecule has 0 saturated carbocycles. The number of hydrogen-bond acceptors (Lipinski definition) is 3. The number of esters is 1. The van der Waals surface area contributed by atoms with Crippen molar-refractivity contribution >= 4 is 11.8 Å². The minimum Gasteiger partial charge on any atom is -0.457 e. The average molecular weight is 210 g/mol. The molecular formula is C12H18O3. The number of carbonyl (C=O) groups excluding carboxylic acids is 2. The van der Waals surface area contributed by atoms with Gasteiger partial charge in [-0.25, -0.2) is 4.79 Å². The zero-order chi connectivity index (χ0) is 11.4. The van der Waals surface area contributed by atoms with Gasteiger partial charge in [-0.15, -0.1) is 0 Å². The number of cyclic esters (lactones) is 1. The molecule has 0 unspecified atom stereocenters. The monoisotopic (exact) mass is 210 g/mol. The molecule has 1 rings (SSSR count). The van der Waals surface area contributed by atoms with E-state index in [2.05, 4.69) is 6.92 Å². The molecule has 0 atom stereocenters. The topological polar surface area (TPSA) is 43.4 Å².